The van der Waals surface area contributed by atoms with Gasteiger partial charge in [-0.3, -0.25) is 14.4 Å². The zero-order valence-corrected chi connectivity index (χ0v) is 28.2. The Morgan fingerprint density at radius 1 is 1.09 bits per heavy atom. The summed E-state index contributed by atoms with van der Waals surface area (Å²) in [6.45, 7) is 7.60. The van der Waals surface area contributed by atoms with E-state index in [9.17, 15) is 34.5 Å². The summed E-state index contributed by atoms with van der Waals surface area (Å²) >= 11 is 5.63. The van der Waals surface area contributed by atoms with Crippen molar-refractivity contribution in [3.8, 4) is 0 Å². The van der Waals surface area contributed by atoms with Gasteiger partial charge >= 0.3 is 11.9 Å². The number of aliphatic hydroxyl groups is 1. The van der Waals surface area contributed by atoms with E-state index in [2.05, 4.69) is 33.6 Å². The highest BCUT2D eigenvalue weighted by Crippen LogP contribution is 2.39. The molecule has 7 N–H and O–H groups in total. The monoisotopic (exact) mass is 671 g/mol. The molecular weight excluding hydrogens is 629 g/mol. The topological polar surface area (TPSA) is 181 Å². The van der Waals surface area contributed by atoms with Crippen LogP contribution < -0.4 is 16.0 Å². The molecule has 5 heterocycles. The second kappa shape index (κ2) is 13.7. The average molecular weight is 672 g/mol. The summed E-state index contributed by atoms with van der Waals surface area (Å²) in [7, 11) is 0. The van der Waals surface area contributed by atoms with Crippen LogP contribution in [-0.4, -0.2) is 78.9 Å². The summed E-state index contributed by atoms with van der Waals surface area (Å²) in [5.41, 5.74) is 6.66. The maximum absolute atomic E-state index is 12.7. The van der Waals surface area contributed by atoms with E-state index in [0.717, 1.165) is 34.1 Å². The van der Waals surface area contributed by atoms with Gasteiger partial charge in [0.15, 0.2) is 11.0 Å². The molecule has 0 aromatic carbocycles. The quantitative estimate of drug-likeness (QED) is 0.0682. The van der Waals surface area contributed by atoms with Crippen molar-refractivity contribution in [2.24, 2.45) is 11.8 Å². The fourth-order valence-electron chi connectivity index (χ4n) is 7.12. The Labute approximate surface area is 277 Å². The number of allylic oxidation sites excluding steroid dienone is 1. The van der Waals surface area contributed by atoms with E-state index in [1.807, 2.05) is 26.8 Å². The molecule has 2 amide bonds. The number of thiol groups is 2. The second-order valence-corrected chi connectivity index (χ2v) is 14.5. The number of aliphatic hydroxyl groups excluding tert-OH is 1. The number of H-pyrrole nitrogens is 1. The number of rotatable bonds is 13. The van der Waals surface area contributed by atoms with Crippen LogP contribution in [0, 0.1) is 18.8 Å². The fraction of sp³-hybridized carbons (Fsp3) is 0.515. The van der Waals surface area contributed by atoms with Crippen molar-refractivity contribution >= 4 is 60.3 Å². The average Bonchev–Trinajstić information content (AvgIpc) is 3.55. The Morgan fingerprint density at radius 2 is 1.78 bits per heavy atom. The highest BCUT2D eigenvalue weighted by Gasteiger charge is 2.47. The highest BCUT2D eigenvalue weighted by molar-refractivity contribution is 7.87. The van der Waals surface area contributed by atoms with E-state index in [0.29, 0.717) is 52.1 Å². The number of hydrogen-bond donors (Lipinski definition) is 8. The molecule has 1 aromatic heterocycles. The largest absolute Gasteiger partial charge is 0.481 e. The van der Waals surface area contributed by atoms with Crippen LogP contribution in [0.5, 0.6) is 0 Å². The van der Waals surface area contributed by atoms with Gasteiger partial charge in [0.2, 0.25) is 5.91 Å². The first-order valence-electron chi connectivity index (χ1n) is 15.6. The van der Waals surface area contributed by atoms with Crippen LogP contribution in [0.1, 0.15) is 75.1 Å². The summed E-state index contributed by atoms with van der Waals surface area (Å²) in [4.78, 5) is 51.7. The molecule has 5 rings (SSSR count). The number of aromatic nitrogens is 1. The van der Waals surface area contributed by atoms with Crippen LogP contribution >= 0.6 is 12.6 Å². The van der Waals surface area contributed by atoms with E-state index in [1.54, 1.807) is 6.92 Å². The molecule has 0 saturated carbocycles. The predicted molar refractivity (Wildman–Crippen MR) is 181 cm³/mol. The highest BCUT2D eigenvalue weighted by atomic mass is 32.2. The van der Waals surface area contributed by atoms with E-state index in [1.165, 1.54) is 17.8 Å². The van der Waals surface area contributed by atoms with Gasteiger partial charge in [0.1, 0.15) is 6.10 Å². The number of carboxylic acid groups (broad SMARTS) is 2. The Balaban J connectivity index is 1.50. The van der Waals surface area contributed by atoms with Crippen LogP contribution in [0.4, 0.5) is 0 Å². The van der Waals surface area contributed by atoms with Crippen LogP contribution in [0.25, 0.3) is 12.2 Å². The zero-order chi connectivity index (χ0) is 33.4. The number of nitrogens with one attached hydrogen (secondary N) is 4. The molecule has 1 aromatic rings. The van der Waals surface area contributed by atoms with Gasteiger partial charge in [0.25, 0.3) is 5.91 Å². The lowest BCUT2D eigenvalue weighted by Gasteiger charge is -2.25. The lowest BCUT2D eigenvalue weighted by atomic mass is 9.85. The summed E-state index contributed by atoms with van der Waals surface area (Å²) in [5, 5.41) is 40.5. The van der Waals surface area contributed by atoms with E-state index >= 15 is 0 Å². The smallest absolute Gasteiger partial charge is 0.328 e. The third-order valence-corrected chi connectivity index (χ3v) is 11.1. The number of amides is 2. The first-order valence-corrected chi connectivity index (χ1v) is 17.4. The number of carbonyl (C=O) groups is 4. The Bertz CT molecular complexity index is 1570. The first kappa shape index (κ1) is 33.9. The molecule has 2 unspecified atom stereocenters. The molecule has 248 valence electrons. The molecule has 4 aliphatic rings. The lowest BCUT2D eigenvalue weighted by molar-refractivity contribution is -0.137. The normalized spacial score (nSPS) is 29.1. The first-order chi connectivity index (χ1) is 21.8. The molecule has 2 saturated heterocycles. The van der Waals surface area contributed by atoms with Gasteiger partial charge in [-0.25, -0.2) is 4.79 Å². The van der Waals surface area contributed by atoms with Gasteiger partial charge < -0.3 is 36.3 Å². The maximum atomic E-state index is 12.7. The zero-order valence-electron chi connectivity index (χ0n) is 26.4. The van der Waals surface area contributed by atoms with E-state index in [4.69, 9.17) is 0 Å². The standard InChI is InChI=1S/C33H42N4O7S2/c1-14-18(5-7-26(38)39)23(34-21(14)11-22-17(4)28(25-13-46-25)33(44)36-22)12-24-19(6-8-27(40)41)15(2)29(35-24)31(42)30-20(9-10-45)16(3)32(43)37-30/h6,8,12,16,20-22,25,30-31,34-35,42,45H,5,7,9-11,13H2,1-4H3,(H,36,44)(H,37,43)(H,38,39)(H,40,41)/p+1/b8-6-,23-12+/t16-,20-,21?,22-,25-,30?,31+/m1/s1. The van der Waals surface area contributed by atoms with Crippen LogP contribution in [0.15, 0.2) is 34.1 Å². The third kappa shape index (κ3) is 6.82. The molecular formula is C33H43N4O7S2+. The minimum absolute atomic E-state index is 0.00809. The van der Waals surface area contributed by atoms with Crippen LogP contribution in [-0.2, 0) is 30.9 Å². The van der Waals surface area contributed by atoms with E-state index in [-0.39, 0.29) is 48.6 Å². The summed E-state index contributed by atoms with van der Waals surface area (Å²) in [5.74, 6) is -1.06. The summed E-state index contributed by atoms with van der Waals surface area (Å²) in [6.07, 6.45) is 4.68. The second-order valence-electron chi connectivity index (χ2n) is 12.7. The van der Waals surface area contributed by atoms with Crippen molar-refractivity contribution in [1.82, 2.24) is 20.9 Å². The number of carbonyl (C=O) groups excluding carboxylic acids is 2. The number of carboxylic acids is 2. The molecule has 7 atom stereocenters. The Kier molecular flexibility index (Phi) is 10.1. The van der Waals surface area contributed by atoms with E-state index < -0.39 is 24.1 Å². The summed E-state index contributed by atoms with van der Waals surface area (Å²) < 4.78 is 0. The SMILES string of the molecule is CC1=C(CCC(=O)O)/C(=C\c2[nH]c([C@H](O)C3NC(=O)[C@H](C)[C@H]3CCS)c(C)c2/C=C\C(=O)O)NC1C[C@H]1NC(=O)C([C@H]2C[SH+]2)=C1C. The van der Waals surface area contributed by atoms with Crippen molar-refractivity contribution in [2.75, 3.05) is 11.5 Å². The number of hydrogen-bond acceptors (Lipinski definition) is 7. The minimum Gasteiger partial charge on any atom is -0.481 e. The minimum atomic E-state index is -1.13. The van der Waals surface area contributed by atoms with Crippen molar-refractivity contribution in [2.45, 2.75) is 82.9 Å². The van der Waals surface area contributed by atoms with Gasteiger partial charge in [0, 0.05) is 41.4 Å². The summed E-state index contributed by atoms with van der Waals surface area (Å²) in [6, 6.07) is -0.852. The van der Waals surface area contributed by atoms with Gasteiger partial charge in [-0.1, -0.05) is 6.92 Å². The molecule has 0 radical (unpaired) electrons. The molecule has 13 heteroatoms. The van der Waals surface area contributed by atoms with Crippen LogP contribution in [0.2, 0.25) is 0 Å². The Morgan fingerprint density at radius 3 is 2.41 bits per heavy atom. The van der Waals surface area contributed by atoms with Crippen molar-refractivity contribution in [1.29, 1.82) is 0 Å². The van der Waals surface area contributed by atoms with Crippen LogP contribution in [0.3, 0.4) is 0 Å². The molecule has 2 fully saturated rings. The molecule has 0 spiro atoms. The van der Waals surface area contributed by atoms with Gasteiger partial charge in [-0.2, -0.15) is 12.6 Å². The Hall–Kier alpha value is -3.42. The molecule has 11 nitrogen and oxygen atoms in total. The van der Waals surface area contributed by atoms with Crippen molar-refractivity contribution < 1.29 is 34.5 Å². The molecule has 46 heavy (non-hydrogen) atoms. The third-order valence-electron chi connectivity index (χ3n) is 9.88. The van der Waals surface area contributed by atoms with Gasteiger partial charge in [-0.05, 0) is 97.9 Å². The fourth-order valence-corrected chi connectivity index (χ4v) is 8.21. The molecule has 0 aliphatic carbocycles. The van der Waals surface area contributed by atoms with Crippen molar-refractivity contribution in [3.63, 3.8) is 0 Å². The van der Waals surface area contributed by atoms with Gasteiger partial charge in [-0.15, -0.1) is 0 Å². The predicted octanol–water partition coefficient (Wildman–Crippen LogP) is 2.42. The molecule has 4 aliphatic heterocycles. The lowest BCUT2D eigenvalue weighted by Crippen LogP contribution is -2.36. The maximum Gasteiger partial charge on any atom is 0.328 e. The molecule has 0 bridgehead atoms. The van der Waals surface area contributed by atoms with Gasteiger partial charge in [0.05, 0.1) is 23.4 Å². The van der Waals surface area contributed by atoms with Crippen molar-refractivity contribution in [3.05, 3.63) is 56.6 Å². The number of aliphatic carboxylic acids is 2. The number of aromatic amines is 1.